The maximum absolute atomic E-state index is 12.8. The first-order valence-electron chi connectivity index (χ1n) is 6.65. The third-order valence-electron chi connectivity index (χ3n) is 4.72. The van der Waals surface area contributed by atoms with Crippen molar-refractivity contribution in [1.82, 2.24) is 10.2 Å². The highest BCUT2D eigenvalue weighted by Gasteiger charge is 2.67. The molecule has 1 aromatic carbocycles. The molecule has 0 bridgehead atoms. The minimum atomic E-state index is -0.332. The van der Waals surface area contributed by atoms with Crippen LogP contribution < -0.4 is 10.1 Å². The van der Waals surface area contributed by atoms with Crippen LogP contribution in [0.2, 0.25) is 0 Å². The number of carbonyl (C=O) groups is 1. The Bertz CT molecular complexity index is 533. The number of hydrogen-bond acceptors (Lipinski definition) is 3. The van der Waals surface area contributed by atoms with Gasteiger partial charge in [0.1, 0.15) is 11.6 Å². The second-order valence-electron chi connectivity index (χ2n) is 5.75. The number of likely N-dealkylation sites (tertiary alicyclic amines) is 1. The molecule has 4 rings (SSSR count). The van der Waals surface area contributed by atoms with E-state index in [0.717, 1.165) is 19.6 Å². The molecule has 1 aliphatic carbocycles. The predicted molar refractivity (Wildman–Crippen MR) is 66.3 cm³/mol. The van der Waals surface area contributed by atoms with Crippen LogP contribution in [0.25, 0.3) is 0 Å². The van der Waals surface area contributed by atoms with Gasteiger partial charge in [0.2, 0.25) is 0 Å². The van der Waals surface area contributed by atoms with Crippen LogP contribution >= 0.6 is 0 Å². The molecule has 1 aromatic rings. The smallest absolute Gasteiger partial charge is 0.410 e. The fraction of sp³-hybridized carbons (Fsp3) is 0.500. The Morgan fingerprint density at radius 3 is 2.68 bits per heavy atom. The van der Waals surface area contributed by atoms with E-state index in [1.54, 1.807) is 4.90 Å². The zero-order valence-electron chi connectivity index (χ0n) is 10.4. The lowest BCUT2D eigenvalue weighted by Gasteiger charge is -2.46. The van der Waals surface area contributed by atoms with Crippen LogP contribution in [0.3, 0.4) is 0 Å². The van der Waals surface area contributed by atoms with Crippen LogP contribution in [0.1, 0.15) is 6.42 Å². The second-order valence-corrected chi connectivity index (χ2v) is 5.75. The highest BCUT2D eigenvalue weighted by Crippen LogP contribution is 2.56. The van der Waals surface area contributed by atoms with Gasteiger partial charge in [0.15, 0.2) is 0 Å². The topological polar surface area (TPSA) is 41.6 Å². The summed E-state index contributed by atoms with van der Waals surface area (Å²) in [6, 6.07) is 5.54. The number of nitrogens with zero attached hydrogens (tertiary/aromatic N) is 1. The third-order valence-corrected chi connectivity index (χ3v) is 4.72. The zero-order chi connectivity index (χ0) is 13.0. The van der Waals surface area contributed by atoms with Gasteiger partial charge in [-0.15, -0.1) is 0 Å². The van der Waals surface area contributed by atoms with Crippen molar-refractivity contribution in [2.75, 3.05) is 19.6 Å². The standard InChI is InChI=1S/C14H15FN2O2/c15-11-1-3-12(4-2-11)19-13(18)17-7-9-5-14(9)10(8-17)6-16-14/h1-4,9-10,16H,5-8H2. The van der Waals surface area contributed by atoms with Crippen LogP contribution in [0, 0.1) is 17.7 Å². The van der Waals surface area contributed by atoms with Crippen LogP contribution in [-0.4, -0.2) is 36.2 Å². The number of rotatable bonds is 1. The van der Waals surface area contributed by atoms with Gasteiger partial charge in [-0.05, 0) is 36.6 Å². The van der Waals surface area contributed by atoms with Crippen molar-refractivity contribution < 1.29 is 13.9 Å². The van der Waals surface area contributed by atoms with Gasteiger partial charge in [0, 0.05) is 31.1 Å². The van der Waals surface area contributed by atoms with E-state index >= 15 is 0 Å². The third kappa shape index (κ3) is 1.64. The average molecular weight is 262 g/mol. The zero-order valence-corrected chi connectivity index (χ0v) is 10.4. The van der Waals surface area contributed by atoms with Crippen molar-refractivity contribution in [3.63, 3.8) is 0 Å². The van der Waals surface area contributed by atoms with Crippen molar-refractivity contribution in [2.24, 2.45) is 11.8 Å². The number of benzene rings is 1. The van der Waals surface area contributed by atoms with E-state index in [4.69, 9.17) is 4.74 Å². The lowest BCUT2D eigenvalue weighted by atomic mass is 9.84. The molecule has 100 valence electrons. The second kappa shape index (κ2) is 3.70. The number of carbonyl (C=O) groups excluding carboxylic acids is 1. The molecular formula is C14H15FN2O2. The van der Waals surface area contributed by atoms with Crippen LogP contribution in [-0.2, 0) is 0 Å². The Hall–Kier alpha value is -1.62. The van der Waals surface area contributed by atoms with Gasteiger partial charge in [-0.2, -0.15) is 0 Å². The van der Waals surface area contributed by atoms with Gasteiger partial charge in [-0.25, -0.2) is 9.18 Å². The van der Waals surface area contributed by atoms with Gasteiger partial charge < -0.3 is 15.0 Å². The summed E-state index contributed by atoms with van der Waals surface area (Å²) >= 11 is 0. The van der Waals surface area contributed by atoms with E-state index in [1.165, 1.54) is 30.7 Å². The maximum Gasteiger partial charge on any atom is 0.415 e. The summed E-state index contributed by atoms with van der Waals surface area (Å²) in [5.74, 6) is 1.22. The molecular weight excluding hydrogens is 247 g/mol. The summed E-state index contributed by atoms with van der Waals surface area (Å²) in [6.07, 6.45) is 0.858. The summed E-state index contributed by atoms with van der Waals surface area (Å²) < 4.78 is 18.1. The Kier molecular flexibility index (Phi) is 2.18. The van der Waals surface area contributed by atoms with Gasteiger partial charge in [0.25, 0.3) is 0 Å². The van der Waals surface area contributed by atoms with E-state index in [9.17, 15) is 9.18 Å². The predicted octanol–water partition coefficient (Wildman–Crippen LogP) is 1.62. The molecule has 3 unspecified atom stereocenters. The summed E-state index contributed by atoms with van der Waals surface area (Å²) in [6.45, 7) is 2.53. The molecule has 0 radical (unpaired) electrons. The quantitative estimate of drug-likeness (QED) is 0.836. The number of halogens is 1. The maximum atomic E-state index is 12.8. The Morgan fingerprint density at radius 1 is 1.32 bits per heavy atom. The van der Waals surface area contributed by atoms with E-state index in [-0.39, 0.29) is 11.9 Å². The molecule has 2 aliphatic heterocycles. The first-order chi connectivity index (χ1) is 9.17. The minimum absolute atomic E-state index is 0.320. The van der Waals surface area contributed by atoms with Crippen molar-refractivity contribution in [2.45, 2.75) is 12.0 Å². The number of nitrogens with one attached hydrogen (secondary N) is 1. The summed E-state index contributed by atoms with van der Waals surface area (Å²) in [5, 5.41) is 3.49. The van der Waals surface area contributed by atoms with Crippen molar-refractivity contribution >= 4 is 6.09 Å². The normalized spacial score (nSPS) is 34.9. The van der Waals surface area contributed by atoms with E-state index in [2.05, 4.69) is 5.32 Å². The molecule has 1 spiro atoms. The number of ether oxygens (including phenoxy) is 1. The largest absolute Gasteiger partial charge is 0.415 e. The monoisotopic (exact) mass is 262 g/mol. The van der Waals surface area contributed by atoms with E-state index in [0.29, 0.717) is 23.1 Å². The van der Waals surface area contributed by atoms with Crippen LogP contribution in [0.5, 0.6) is 5.75 Å². The number of piperidine rings is 1. The Labute approximate surface area is 110 Å². The molecule has 1 amide bonds. The molecule has 3 aliphatic rings. The van der Waals surface area contributed by atoms with Crippen molar-refractivity contribution in [1.29, 1.82) is 0 Å². The SMILES string of the molecule is O=C(Oc1ccc(F)cc1)N1CC2CNC23CC3C1. The summed E-state index contributed by atoms with van der Waals surface area (Å²) in [4.78, 5) is 13.9. The first-order valence-corrected chi connectivity index (χ1v) is 6.65. The molecule has 2 heterocycles. The van der Waals surface area contributed by atoms with E-state index < -0.39 is 0 Å². The summed E-state index contributed by atoms with van der Waals surface area (Å²) in [7, 11) is 0. The molecule has 2 saturated heterocycles. The molecule has 1 saturated carbocycles. The fourth-order valence-electron chi connectivity index (χ4n) is 3.45. The van der Waals surface area contributed by atoms with Crippen LogP contribution in [0.15, 0.2) is 24.3 Å². The Morgan fingerprint density at radius 2 is 2.05 bits per heavy atom. The lowest BCUT2D eigenvalue weighted by molar-refractivity contribution is 0.0707. The first kappa shape index (κ1) is 11.2. The summed E-state index contributed by atoms with van der Waals surface area (Å²) in [5.41, 5.74) is 0.354. The van der Waals surface area contributed by atoms with E-state index in [1.807, 2.05) is 0 Å². The fourth-order valence-corrected chi connectivity index (χ4v) is 3.45. The highest BCUT2D eigenvalue weighted by atomic mass is 19.1. The Balaban J connectivity index is 1.42. The molecule has 5 heteroatoms. The van der Waals surface area contributed by atoms with Gasteiger partial charge >= 0.3 is 6.09 Å². The molecule has 3 atom stereocenters. The lowest BCUT2D eigenvalue weighted by Crippen LogP contribution is -2.64. The van der Waals surface area contributed by atoms with Gasteiger partial charge in [0.05, 0.1) is 0 Å². The molecule has 0 aromatic heterocycles. The molecule has 3 fully saturated rings. The van der Waals surface area contributed by atoms with Crippen molar-refractivity contribution in [3.8, 4) is 5.75 Å². The number of hydrogen-bond donors (Lipinski definition) is 1. The van der Waals surface area contributed by atoms with Crippen molar-refractivity contribution in [3.05, 3.63) is 30.1 Å². The van der Waals surface area contributed by atoms with Gasteiger partial charge in [-0.1, -0.05) is 0 Å². The average Bonchev–Trinajstić information content (AvgIpc) is 3.12. The van der Waals surface area contributed by atoms with Gasteiger partial charge in [-0.3, -0.25) is 0 Å². The number of amides is 1. The minimum Gasteiger partial charge on any atom is -0.410 e. The highest BCUT2D eigenvalue weighted by molar-refractivity contribution is 5.71. The van der Waals surface area contributed by atoms with Crippen LogP contribution in [0.4, 0.5) is 9.18 Å². The molecule has 1 N–H and O–H groups in total. The molecule has 4 nitrogen and oxygen atoms in total. The molecule has 19 heavy (non-hydrogen) atoms.